The van der Waals surface area contributed by atoms with Crippen molar-refractivity contribution in [3.63, 3.8) is 0 Å². The summed E-state index contributed by atoms with van der Waals surface area (Å²) in [6, 6.07) is 2.87. The van der Waals surface area contributed by atoms with Gasteiger partial charge in [-0.1, -0.05) is 0 Å². The van der Waals surface area contributed by atoms with Crippen LogP contribution < -0.4 is 0 Å². The quantitative estimate of drug-likeness (QED) is 0.604. The van der Waals surface area contributed by atoms with Crippen molar-refractivity contribution in [2.24, 2.45) is 0 Å². The van der Waals surface area contributed by atoms with Crippen LogP contribution >= 0.6 is 0 Å². The van der Waals surface area contributed by atoms with Crippen LogP contribution in [0.25, 0.3) is 0 Å². The molecule has 1 aromatic rings. The molecule has 0 N–H and O–H groups in total. The normalized spacial score (nSPS) is 9.00. The third-order valence-corrected chi connectivity index (χ3v) is 1.51. The standard InChI is InChI=1S/C8H3F2N3/c1-4-7(9)5(2-11)13-6(3-12)8(4)10/h1H3. The molecule has 0 saturated carbocycles. The first-order valence-corrected chi connectivity index (χ1v) is 3.27. The first-order chi connectivity index (χ1) is 6.11. The average molecular weight is 179 g/mol. The highest BCUT2D eigenvalue weighted by Crippen LogP contribution is 2.15. The van der Waals surface area contributed by atoms with E-state index in [1.807, 2.05) is 0 Å². The first-order valence-electron chi connectivity index (χ1n) is 3.27. The van der Waals surface area contributed by atoms with Crippen molar-refractivity contribution < 1.29 is 8.78 Å². The predicted molar refractivity (Wildman–Crippen MR) is 38.3 cm³/mol. The first kappa shape index (κ1) is 9.08. The summed E-state index contributed by atoms with van der Waals surface area (Å²) in [6.07, 6.45) is 0. The van der Waals surface area contributed by atoms with Crippen molar-refractivity contribution in [1.82, 2.24) is 4.98 Å². The number of nitriles is 2. The highest BCUT2D eigenvalue weighted by Gasteiger charge is 2.16. The van der Waals surface area contributed by atoms with Crippen molar-refractivity contribution in [2.75, 3.05) is 0 Å². The Labute approximate surface area is 72.9 Å². The van der Waals surface area contributed by atoms with Gasteiger partial charge in [0.15, 0.2) is 23.0 Å². The van der Waals surface area contributed by atoms with E-state index in [-0.39, 0.29) is 5.56 Å². The molecule has 0 radical (unpaired) electrons. The fourth-order valence-corrected chi connectivity index (χ4v) is 0.810. The Kier molecular flexibility index (Phi) is 2.21. The van der Waals surface area contributed by atoms with Gasteiger partial charge in [0, 0.05) is 5.56 Å². The lowest BCUT2D eigenvalue weighted by atomic mass is 10.2. The monoisotopic (exact) mass is 179 g/mol. The molecule has 0 fully saturated rings. The Hall–Kier alpha value is -2.01. The maximum absolute atomic E-state index is 12.9. The number of rotatable bonds is 0. The molecule has 1 heterocycles. The zero-order valence-electron chi connectivity index (χ0n) is 6.60. The van der Waals surface area contributed by atoms with E-state index in [1.165, 1.54) is 12.1 Å². The molecule has 0 amide bonds. The third-order valence-electron chi connectivity index (χ3n) is 1.51. The number of nitrogens with zero attached hydrogens (tertiary/aromatic N) is 3. The number of hydrogen-bond acceptors (Lipinski definition) is 3. The molecule has 0 aromatic carbocycles. The molecule has 64 valence electrons. The molecule has 1 aromatic heterocycles. The van der Waals surface area contributed by atoms with Gasteiger partial charge in [-0.3, -0.25) is 0 Å². The topological polar surface area (TPSA) is 60.5 Å². The molecule has 3 nitrogen and oxygen atoms in total. The summed E-state index contributed by atoms with van der Waals surface area (Å²) in [6.45, 7) is 1.15. The van der Waals surface area contributed by atoms with Gasteiger partial charge < -0.3 is 0 Å². The Morgan fingerprint density at radius 1 is 1.08 bits per heavy atom. The van der Waals surface area contributed by atoms with Crippen LogP contribution in [-0.2, 0) is 0 Å². The minimum absolute atomic E-state index is 0.358. The van der Waals surface area contributed by atoms with Crippen molar-refractivity contribution in [1.29, 1.82) is 10.5 Å². The van der Waals surface area contributed by atoms with E-state index in [2.05, 4.69) is 4.98 Å². The minimum Gasteiger partial charge on any atom is -0.220 e. The fourth-order valence-electron chi connectivity index (χ4n) is 0.810. The maximum atomic E-state index is 12.9. The van der Waals surface area contributed by atoms with Gasteiger partial charge >= 0.3 is 0 Å². The lowest BCUT2D eigenvalue weighted by Crippen LogP contribution is -2.01. The number of pyridine rings is 1. The zero-order chi connectivity index (χ0) is 10.0. The summed E-state index contributed by atoms with van der Waals surface area (Å²) in [5.74, 6) is -2.03. The highest BCUT2D eigenvalue weighted by molar-refractivity contribution is 5.36. The van der Waals surface area contributed by atoms with Crippen molar-refractivity contribution in [3.05, 3.63) is 28.6 Å². The van der Waals surface area contributed by atoms with Crippen molar-refractivity contribution >= 4 is 0 Å². The molecule has 13 heavy (non-hydrogen) atoms. The molecule has 0 aliphatic heterocycles. The van der Waals surface area contributed by atoms with E-state index in [0.717, 1.165) is 6.92 Å². The number of aromatic nitrogens is 1. The van der Waals surface area contributed by atoms with Gasteiger partial charge in [-0.05, 0) is 6.92 Å². The van der Waals surface area contributed by atoms with E-state index in [4.69, 9.17) is 10.5 Å². The van der Waals surface area contributed by atoms with E-state index in [0.29, 0.717) is 0 Å². The maximum Gasteiger partial charge on any atom is 0.178 e. The molecule has 0 aliphatic rings. The summed E-state index contributed by atoms with van der Waals surface area (Å²) < 4.78 is 25.9. The smallest absolute Gasteiger partial charge is 0.178 e. The summed E-state index contributed by atoms with van der Waals surface area (Å²) in [5.41, 5.74) is -1.48. The lowest BCUT2D eigenvalue weighted by Gasteiger charge is -2.00. The molecule has 0 saturated heterocycles. The Morgan fingerprint density at radius 2 is 1.46 bits per heavy atom. The van der Waals surface area contributed by atoms with Gasteiger partial charge in [0.05, 0.1) is 0 Å². The third kappa shape index (κ3) is 1.32. The summed E-state index contributed by atoms with van der Waals surface area (Å²) in [4.78, 5) is 3.20. The van der Waals surface area contributed by atoms with Gasteiger partial charge in [-0.15, -0.1) is 0 Å². The van der Waals surface area contributed by atoms with Gasteiger partial charge in [0.1, 0.15) is 12.1 Å². The summed E-state index contributed by atoms with van der Waals surface area (Å²) in [7, 11) is 0. The molecule has 5 heteroatoms. The zero-order valence-corrected chi connectivity index (χ0v) is 6.60. The van der Waals surface area contributed by atoms with Crippen LogP contribution in [0.3, 0.4) is 0 Å². The molecule has 0 aliphatic carbocycles. The van der Waals surface area contributed by atoms with Crippen LogP contribution in [0.5, 0.6) is 0 Å². The second-order valence-corrected chi connectivity index (χ2v) is 2.29. The van der Waals surface area contributed by atoms with Gasteiger partial charge in [-0.25, -0.2) is 13.8 Å². The Balaban J connectivity index is 3.60. The van der Waals surface area contributed by atoms with E-state index in [1.54, 1.807) is 0 Å². The van der Waals surface area contributed by atoms with Crippen LogP contribution in [0.2, 0.25) is 0 Å². The average Bonchev–Trinajstić information content (AvgIpc) is 2.15. The van der Waals surface area contributed by atoms with Gasteiger partial charge in [-0.2, -0.15) is 10.5 Å². The fraction of sp³-hybridized carbons (Fsp3) is 0.125. The highest BCUT2D eigenvalue weighted by atomic mass is 19.1. The largest absolute Gasteiger partial charge is 0.220 e. The van der Waals surface area contributed by atoms with Crippen LogP contribution in [0, 0.1) is 41.2 Å². The molecular weight excluding hydrogens is 176 g/mol. The minimum atomic E-state index is -1.01. The molecule has 0 atom stereocenters. The van der Waals surface area contributed by atoms with Crippen LogP contribution in [0.1, 0.15) is 17.0 Å². The Bertz CT molecular complexity index is 402. The second-order valence-electron chi connectivity index (χ2n) is 2.29. The number of halogens is 2. The molecule has 1 rings (SSSR count). The van der Waals surface area contributed by atoms with Crippen LogP contribution in [0.15, 0.2) is 0 Å². The predicted octanol–water partition coefficient (Wildman–Crippen LogP) is 1.41. The SMILES string of the molecule is Cc1c(F)c(C#N)nc(C#N)c1F. The van der Waals surface area contributed by atoms with Crippen LogP contribution in [0.4, 0.5) is 8.78 Å². The molecule has 0 spiro atoms. The molecule has 0 bridgehead atoms. The van der Waals surface area contributed by atoms with Gasteiger partial charge in [0.2, 0.25) is 0 Å². The molecule has 0 unspecified atom stereocenters. The van der Waals surface area contributed by atoms with E-state index in [9.17, 15) is 8.78 Å². The lowest BCUT2D eigenvalue weighted by molar-refractivity contribution is 0.551. The van der Waals surface area contributed by atoms with Gasteiger partial charge in [0.25, 0.3) is 0 Å². The number of hydrogen-bond donors (Lipinski definition) is 0. The van der Waals surface area contributed by atoms with E-state index >= 15 is 0 Å². The summed E-state index contributed by atoms with van der Waals surface area (Å²) >= 11 is 0. The van der Waals surface area contributed by atoms with E-state index < -0.39 is 23.0 Å². The van der Waals surface area contributed by atoms with Crippen LogP contribution in [-0.4, -0.2) is 4.98 Å². The molecular formula is C8H3F2N3. The summed E-state index contributed by atoms with van der Waals surface area (Å²) in [5, 5.41) is 16.7. The van der Waals surface area contributed by atoms with Crippen molar-refractivity contribution in [3.8, 4) is 12.1 Å². The van der Waals surface area contributed by atoms with Crippen molar-refractivity contribution in [2.45, 2.75) is 6.92 Å². The second kappa shape index (κ2) is 3.16. The Morgan fingerprint density at radius 3 is 1.77 bits per heavy atom.